The van der Waals surface area contributed by atoms with Crippen LogP contribution in [0.3, 0.4) is 0 Å². The Kier molecular flexibility index (Phi) is 4.59. The Morgan fingerprint density at radius 1 is 1.52 bits per heavy atom. The van der Waals surface area contributed by atoms with Crippen LogP contribution in [0.2, 0.25) is 0 Å². The standard InChI is InChI=1S/C13H14N4O3S/c1-8(12-14-5-6-15-12)16-13(18)9-3-4-11(21-2)10(7-9)17(19)20/h3-8H,1-2H3,(H,14,15)(H,16,18). The number of carbonyl (C=O) groups excluding carboxylic acids is 1. The van der Waals surface area contributed by atoms with E-state index in [2.05, 4.69) is 15.3 Å². The van der Waals surface area contributed by atoms with Gasteiger partial charge in [-0.15, -0.1) is 11.8 Å². The molecule has 0 saturated heterocycles. The molecule has 2 N–H and O–H groups in total. The number of benzene rings is 1. The van der Waals surface area contributed by atoms with Gasteiger partial charge in [0.05, 0.1) is 15.9 Å². The molecule has 110 valence electrons. The number of amides is 1. The lowest BCUT2D eigenvalue weighted by molar-refractivity contribution is -0.387. The van der Waals surface area contributed by atoms with Gasteiger partial charge in [-0.3, -0.25) is 14.9 Å². The van der Waals surface area contributed by atoms with Crippen LogP contribution >= 0.6 is 11.8 Å². The number of nitro benzene ring substituents is 1. The Balaban J connectivity index is 2.19. The summed E-state index contributed by atoms with van der Waals surface area (Å²) in [6, 6.07) is 4.13. The smallest absolute Gasteiger partial charge is 0.283 e. The highest BCUT2D eigenvalue weighted by Crippen LogP contribution is 2.28. The number of H-pyrrole nitrogens is 1. The quantitative estimate of drug-likeness (QED) is 0.502. The Bertz CT molecular complexity index is 657. The Hall–Kier alpha value is -2.35. The van der Waals surface area contributed by atoms with E-state index in [1.165, 1.54) is 17.8 Å². The monoisotopic (exact) mass is 306 g/mol. The number of thioether (sulfide) groups is 1. The molecule has 0 bridgehead atoms. The second kappa shape index (κ2) is 6.40. The van der Waals surface area contributed by atoms with Crippen LogP contribution in [0.5, 0.6) is 0 Å². The minimum Gasteiger partial charge on any atom is -0.347 e. The fourth-order valence-corrected chi connectivity index (χ4v) is 2.38. The lowest BCUT2D eigenvalue weighted by Gasteiger charge is -2.11. The summed E-state index contributed by atoms with van der Waals surface area (Å²) in [4.78, 5) is 30.1. The summed E-state index contributed by atoms with van der Waals surface area (Å²) in [5, 5.41) is 13.8. The van der Waals surface area contributed by atoms with E-state index < -0.39 is 4.92 Å². The summed E-state index contributed by atoms with van der Waals surface area (Å²) in [7, 11) is 0. The fraction of sp³-hybridized carbons (Fsp3) is 0.231. The van der Waals surface area contributed by atoms with E-state index in [9.17, 15) is 14.9 Å². The van der Waals surface area contributed by atoms with E-state index in [0.29, 0.717) is 10.7 Å². The van der Waals surface area contributed by atoms with Crippen LogP contribution in [-0.4, -0.2) is 27.1 Å². The minimum atomic E-state index is -0.488. The molecule has 1 unspecified atom stereocenters. The molecule has 7 nitrogen and oxygen atoms in total. The topological polar surface area (TPSA) is 101 Å². The summed E-state index contributed by atoms with van der Waals surface area (Å²) in [5.41, 5.74) is 0.179. The maximum atomic E-state index is 12.1. The first-order valence-electron chi connectivity index (χ1n) is 6.15. The van der Waals surface area contributed by atoms with E-state index in [1.54, 1.807) is 37.7 Å². The van der Waals surface area contributed by atoms with Gasteiger partial charge >= 0.3 is 0 Å². The van der Waals surface area contributed by atoms with Gasteiger partial charge in [0.15, 0.2) is 0 Å². The highest BCUT2D eigenvalue weighted by molar-refractivity contribution is 7.98. The first-order valence-corrected chi connectivity index (χ1v) is 7.38. The predicted molar refractivity (Wildman–Crippen MR) is 79.3 cm³/mol. The first-order chi connectivity index (χ1) is 10.0. The molecule has 1 aromatic carbocycles. The van der Waals surface area contributed by atoms with Crippen LogP contribution in [0.1, 0.15) is 29.1 Å². The molecule has 1 amide bonds. The summed E-state index contributed by atoms with van der Waals surface area (Å²) < 4.78 is 0. The van der Waals surface area contributed by atoms with E-state index in [-0.39, 0.29) is 23.2 Å². The number of nitro groups is 1. The van der Waals surface area contributed by atoms with E-state index in [4.69, 9.17) is 0 Å². The van der Waals surface area contributed by atoms with Gasteiger partial charge in [-0.25, -0.2) is 4.98 Å². The first kappa shape index (κ1) is 15.0. The van der Waals surface area contributed by atoms with E-state index >= 15 is 0 Å². The number of nitrogens with one attached hydrogen (secondary N) is 2. The van der Waals surface area contributed by atoms with Crippen LogP contribution in [0.4, 0.5) is 5.69 Å². The van der Waals surface area contributed by atoms with Crippen LogP contribution in [0, 0.1) is 10.1 Å². The number of imidazole rings is 1. The van der Waals surface area contributed by atoms with Gasteiger partial charge in [0, 0.05) is 24.0 Å². The third kappa shape index (κ3) is 3.40. The van der Waals surface area contributed by atoms with E-state index in [0.717, 1.165) is 0 Å². The Morgan fingerprint density at radius 2 is 2.29 bits per heavy atom. The zero-order valence-electron chi connectivity index (χ0n) is 11.5. The number of hydrogen-bond donors (Lipinski definition) is 2. The van der Waals surface area contributed by atoms with Crippen molar-refractivity contribution in [3.8, 4) is 0 Å². The SMILES string of the molecule is CSc1ccc(C(=O)NC(C)c2ncc[nH]2)cc1[N+](=O)[O-]. The molecule has 1 atom stereocenters. The van der Waals surface area contributed by atoms with Crippen LogP contribution in [-0.2, 0) is 0 Å². The minimum absolute atomic E-state index is 0.0687. The third-order valence-electron chi connectivity index (χ3n) is 2.91. The molecule has 1 heterocycles. The molecule has 1 aromatic heterocycles. The molecule has 0 aliphatic heterocycles. The maximum absolute atomic E-state index is 12.1. The molecule has 2 aromatic rings. The van der Waals surface area contributed by atoms with Crippen molar-refractivity contribution in [1.29, 1.82) is 0 Å². The van der Waals surface area contributed by atoms with Crippen LogP contribution < -0.4 is 5.32 Å². The maximum Gasteiger partial charge on any atom is 0.283 e. The van der Waals surface area contributed by atoms with Crippen molar-refractivity contribution in [1.82, 2.24) is 15.3 Å². The highest BCUT2D eigenvalue weighted by Gasteiger charge is 2.18. The lowest BCUT2D eigenvalue weighted by atomic mass is 10.1. The normalized spacial score (nSPS) is 11.9. The number of rotatable bonds is 5. The summed E-state index contributed by atoms with van der Waals surface area (Å²) >= 11 is 1.27. The lowest BCUT2D eigenvalue weighted by Crippen LogP contribution is -2.27. The molecule has 0 spiro atoms. The summed E-state index contributed by atoms with van der Waals surface area (Å²) in [5.74, 6) is 0.244. The number of nitrogens with zero attached hydrogens (tertiary/aromatic N) is 2. The van der Waals surface area contributed by atoms with Crippen molar-refractivity contribution in [2.45, 2.75) is 17.9 Å². The van der Waals surface area contributed by atoms with Crippen molar-refractivity contribution in [2.24, 2.45) is 0 Å². The van der Waals surface area contributed by atoms with Gasteiger partial charge in [-0.2, -0.15) is 0 Å². The molecular weight excluding hydrogens is 292 g/mol. The number of aromatic nitrogens is 2. The molecule has 0 saturated carbocycles. The zero-order chi connectivity index (χ0) is 15.4. The number of carbonyl (C=O) groups is 1. The van der Waals surface area contributed by atoms with Gasteiger partial charge in [0.1, 0.15) is 5.82 Å². The molecule has 2 rings (SSSR count). The fourth-order valence-electron chi connectivity index (χ4n) is 1.84. The Labute approximate surface area is 125 Å². The molecule has 0 radical (unpaired) electrons. The number of hydrogen-bond acceptors (Lipinski definition) is 5. The summed E-state index contributed by atoms with van der Waals surface area (Å²) in [6.07, 6.45) is 5.01. The van der Waals surface area contributed by atoms with Crippen molar-refractivity contribution in [3.63, 3.8) is 0 Å². The molecule has 0 aliphatic carbocycles. The second-order valence-corrected chi connectivity index (χ2v) is 5.16. The zero-order valence-corrected chi connectivity index (χ0v) is 12.3. The van der Waals surface area contributed by atoms with Crippen LogP contribution in [0.25, 0.3) is 0 Å². The average molecular weight is 306 g/mol. The van der Waals surface area contributed by atoms with Gasteiger partial charge in [-0.05, 0) is 25.3 Å². The molecule has 0 aliphatic rings. The highest BCUT2D eigenvalue weighted by atomic mass is 32.2. The van der Waals surface area contributed by atoms with Crippen molar-refractivity contribution in [2.75, 3.05) is 6.26 Å². The van der Waals surface area contributed by atoms with Crippen LogP contribution in [0.15, 0.2) is 35.5 Å². The van der Waals surface area contributed by atoms with Gasteiger partial charge in [0.25, 0.3) is 11.6 Å². The van der Waals surface area contributed by atoms with Gasteiger partial charge in [-0.1, -0.05) is 0 Å². The van der Waals surface area contributed by atoms with Gasteiger partial charge < -0.3 is 10.3 Å². The third-order valence-corrected chi connectivity index (χ3v) is 3.70. The second-order valence-electron chi connectivity index (χ2n) is 4.31. The largest absolute Gasteiger partial charge is 0.347 e. The molecular formula is C13H14N4O3S. The predicted octanol–water partition coefficient (Wildman–Crippen LogP) is 2.53. The van der Waals surface area contributed by atoms with Crippen molar-refractivity contribution in [3.05, 3.63) is 52.1 Å². The molecule has 0 fully saturated rings. The van der Waals surface area contributed by atoms with E-state index in [1.807, 2.05) is 0 Å². The van der Waals surface area contributed by atoms with Gasteiger partial charge in [0.2, 0.25) is 0 Å². The summed E-state index contributed by atoms with van der Waals surface area (Å²) in [6.45, 7) is 1.78. The van der Waals surface area contributed by atoms with Crippen molar-refractivity contribution >= 4 is 23.4 Å². The van der Waals surface area contributed by atoms with Crippen molar-refractivity contribution < 1.29 is 9.72 Å². The molecule has 8 heteroatoms. The Morgan fingerprint density at radius 3 is 2.86 bits per heavy atom. The number of aromatic amines is 1. The average Bonchev–Trinajstić information content (AvgIpc) is 3.00. The molecule has 21 heavy (non-hydrogen) atoms.